The summed E-state index contributed by atoms with van der Waals surface area (Å²) in [5, 5.41) is 8.39. The number of aromatic nitrogens is 7. The molecule has 0 N–H and O–H groups in total. The fourth-order valence-corrected chi connectivity index (χ4v) is 4.37. The number of aryl methyl sites for hydroxylation is 1. The van der Waals surface area contributed by atoms with Crippen LogP contribution in [-0.4, -0.2) is 46.4 Å². The van der Waals surface area contributed by atoms with Crippen molar-refractivity contribution in [1.82, 2.24) is 34.5 Å². The molecule has 1 fully saturated rings. The van der Waals surface area contributed by atoms with E-state index in [0.29, 0.717) is 29.5 Å². The van der Waals surface area contributed by atoms with Gasteiger partial charge in [0, 0.05) is 29.9 Å². The van der Waals surface area contributed by atoms with E-state index >= 15 is 0 Å². The van der Waals surface area contributed by atoms with Gasteiger partial charge in [-0.25, -0.2) is 14.6 Å². The van der Waals surface area contributed by atoms with Crippen LogP contribution in [0.25, 0.3) is 33.9 Å². The van der Waals surface area contributed by atoms with Gasteiger partial charge in [0.25, 0.3) is 0 Å². The molecule has 0 bridgehead atoms. The average Bonchev–Trinajstić information content (AvgIpc) is 3.43. The normalized spacial score (nSPS) is 14.8. The Kier molecular flexibility index (Phi) is 5.34. The first kappa shape index (κ1) is 22.7. The number of nitrogens with zero attached hydrogens (tertiary/aromatic N) is 7. The van der Waals surface area contributed by atoms with Gasteiger partial charge in [0.1, 0.15) is 16.9 Å². The van der Waals surface area contributed by atoms with E-state index in [4.69, 9.17) is 0 Å². The average molecular weight is 495 g/mol. The minimum atomic E-state index is -5.73. The van der Waals surface area contributed by atoms with Crippen molar-refractivity contribution in [3.63, 3.8) is 0 Å². The quantitative estimate of drug-likeness (QED) is 0.264. The van der Waals surface area contributed by atoms with Crippen LogP contribution >= 0.6 is 11.8 Å². The summed E-state index contributed by atoms with van der Waals surface area (Å²) in [6.45, 7) is 1.96. The van der Waals surface area contributed by atoms with Crippen LogP contribution < -0.4 is 0 Å². The molecule has 178 valence electrons. The fraction of sp³-hybridized carbons (Fsp3) is 0.381. The van der Waals surface area contributed by atoms with Crippen LogP contribution in [-0.2, 0) is 13.0 Å². The first-order valence-electron chi connectivity index (χ1n) is 10.4. The standard InChI is InChI=1S/C21H18F5N7S/c1-3-34-16-6-11(15-10-33(31-30-15)13-4-5-13)8-27-17(16)19-29-14-7-12(9-28-18(14)32(19)2)20(22,23)21(24,25)26/h6-10,13H,3-5H2,1-2H3. The van der Waals surface area contributed by atoms with Crippen LogP contribution in [0.3, 0.4) is 0 Å². The molecule has 0 unspecified atom stereocenters. The number of alkyl halides is 5. The number of hydrogen-bond donors (Lipinski definition) is 0. The predicted octanol–water partition coefficient (Wildman–Crippen LogP) is 5.39. The van der Waals surface area contributed by atoms with E-state index in [1.807, 2.05) is 23.9 Å². The van der Waals surface area contributed by atoms with E-state index in [0.717, 1.165) is 35.1 Å². The third kappa shape index (κ3) is 3.81. The van der Waals surface area contributed by atoms with Crippen molar-refractivity contribution in [3.8, 4) is 22.8 Å². The van der Waals surface area contributed by atoms with Gasteiger partial charge in [-0.05, 0) is 30.7 Å². The molecule has 4 heterocycles. The summed E-state index contributed by atoms with van der Waals surface area (Å²) in [7, 11) is 1.61. The molecule has 4 aromatic heterocycles. The number of pyridine rings is 2. The first-order valence-corrected chi connectivity index (χ1v) is 11.4. The van der Waals surface area contributed by atoms with Gasteiger partial charge in [0.2, 0.25) is 0 Å². The van der Waals surface area contributed by atoms with Crippen molar-refractivity contribution in [3.05, 3.63) is 36.3 Å². The highest BCUT2D eigenvalue weighted by atomic mass is 32.2. The van der Waals surface area contributed by atoms with Gasteiger partial charge >= 0.3 is 12.1 Å². The molecule has 0 spiro atoms. The molecule has 5 rings (SSSR count). The maximum absolute atomic E-state index is 13.8. The van der Waals surface area contributed by atoms with Gasteiger partial charge in [0.15, 0.2) is 11.5 Å². The molecule has 0 aliphatic heterocycles. The molecule has 7 nitrogen and oxygen atoms in total. The van der Waals surface area contributed by atoms with Crippen LogP contribution in [0.2, 0.25) is 0 Å². The Hall–Kier alpha value is -3.09. The minimum absolute atomic E-state index is 0.0790. The van der Waals surface area contributed by atoms with Gasteiger partial charge < -0.3 is 4.57 Å². The highest BCUT2D eigenvalue weighted by Gasteiger charge is 2.59. The topological polar surface area (TPSA) is 74.3 Å². The maximum Gasteiger partial charge on any atom is 0.458 e. The zero-order chi connectivity index (χ0) is 24.3. The van der Waals surface area contributed by atoms with Crippen LogP contribution in [0, 0.1) is 0 Å². The van der Waals surface area contributed by atoms with Gasteiger partial charge in [-0.1, -0.05) is 12.1 Å². The van der Waals surface area contributed by atoms with E-state index in [-0.39, 0.29) is 11.2 Å². The maximum atomic E-state index is 13.8. The predicted molar refractivity (Wildman–Crippen MR) is 115 cm³/mol. The third-order valence-corrected chi connectivity index (χ3v) is 6.43. The SMILES string of the molecule is CCSc1cc(-c2cn(C3CC3)nn2)cnc1-c1nc2cc(C(F)(F)C(F)(F)F)cnc2n1C. The zero-order valence-corrected chi connectivity index (χ0v) is 18.8. The molecule has 1 aliphatic carbocycles. The smallest absolute Gasteiger partial charge is 0.310 e. The highest BCUT2D eigenvalue weighted by Crippen LogP contribution is 2.44. The van der Waals surface area contributed by atoms with Gasteiger partial charge in [0.05, 0.1) is 17.8 Å². The summed E-state index contributed by atoms with van der Waals surface area (Å²) >= 11 is 1.50. The van der Waals surface area contributed by atoms with Crippen molar-refractivity contribution in [2.45, 2.75) is 42.8 Å². The second-order valence-corrected chi connectivity index (χ2v) is 9.26. The lowest BCUT2D eigenvalue weighted by atomic mass is 10.1. The molecule has 13 heteroatoms. The van der Waals surface area contributed by atoms with Gasteiger partial charge in [-0.15, -0.1) is 16.9 Å². The molecule has 0 saturated heterocycles. The Morgan fingerprint density at radius 1 is 1.09 bits per heavy atom. The Balaban J connectivity index is 1.57. The minimum Gasteiger partial charge on any atom is -0.310 e. The van der Waals surface area contributed by atoms with Crippen LogP contribution in [0.15, 0.2) is 35.6 Å². The number of imidazole rings is 1. The Morgan fingerprint density at radius 3 is 2.53 bits per heavy atom. The summed E-state index contributed by atoms with van der Waals surface area (Å²) in [5.41, 5.74) is 0.731. The van der Waals surface area contributed by atoms with Crippen molar-refractivity contribution in [1.29, 1.82) is 0 Å². The van der Waals surface area contributed by atoms with E-state index in [1.165, 1.54) is 16.3 Å². The molecule has 0 radical (unpaired) electrons. The summed E-state index contributed by atoms with van der Waals surface area (Å²) in [6, 6.07) is 3.00. The van der Waals surface area contributed by atoms with Crippen molar-refractivity contribution in [2.75, 3.05) is 5.75 Å². The zero-order valence-electron chi connectivity index (χ0n) is 18.0. The van der Waals surface area contributed by atoms with Gasteiger partial charge in [-0.3, -0.25) is 4.98 Å². The molecule has 1 aliphatic rings. The van der Waals surface area contributed by atoms with Crippen LogP contribution in [0.4, 0.5) is 22.0 Å². The molecule has 0 aromatic carbocycles. The largest absolute Gasteiger partial charge is 0.458 e. The number of fused-ring (bicyclic) bond motifs is 1. The molecule has 4 aromatic rings. The Bertz CT molecular complexity index is 1370. The second-order valence-electron chi connectivity index (χ2n) is 7.95. The van der Waals surface area contributed by atoms with E-state index in [2.05, 4.69) is 25.3 Å². The number of hydrogen-bond acceptors (Lipinski definition) is 6. The Morgan fingerprint density at radius 2 is 1.85 bits per heavy atom. The molecule has 1 saturated carbocycles. The number of thioether (sulfide) groups is 1. The van der Waals surface area contributed by atoms with Crippen LogP contribution in [0.1, 0.15) is 31.4 Å². The molecular formula is C21H18F5N7S. The van der Waals surface area contributed by atoms with E-state index in [1.54, 1.807) is 13.2 Å². The molecule has 0 amide bonds. The summed E-state index contributed by atoms with van der Waals surface area (Å²) in [5.74, 6) is -4.01. The van der Waals surface area contributed by atoms with E-state index < -0.39 is 17.7 Å². The van der Waals surface area contributed by atoms with E-state index in [9.17, 15) is 22.0 Å². The molecule has 34 heavy (non-hydrogen) atoms. The first-order chi connectivity index (χ1) is 16.1. The number of halogens is 5. The second kappa shape index (κ2) is 8.00. The molecule has 0 atom stereocenters. The summed E-state index contributed by atoms with van der Waals surface area (Å²) in [6.07, 6.45) is 0.442. The lowest BCUT2D eigenvalue weighted by Crippen LogP contribution is -2.33. The third-order valence-electron chi connectivity index (χ3n) is 5.52. The lowest BCUT2D eigenvalue weighted by Gasteiger charge is -2.19. The molecular weight excluding hydrogens is 477 g/mol. The van der Waals surface area contributed by atoms with Crippen molar-refractivity contribution in [2.24, 2.45) is 7.05 Å². The lowest BCUT2D eigenvalue weighted by molar-refractivity contribution is -0.289. The Labute approximate surface area is 194 Å². The van der Waals surface area contributed by atoms with Crippen molar-refractivity contribution < 1.29 is 22.0 Å². The monoisotopic (exact) mass is 495 g/mol. The summed E-state index contributed by atoms with van der Waals surface area (Å²) in [4.78, 5) is 13.5. The van der Waals surface area contributed by atoms with Crippen LogP contribution in [0.5, 0.6) is 0 Å². The summed E-state index contributed by atoms with van der Waals surface area (Å²) < 4.78 is 69.4. The highest BCUT2D eigenvalue weighted by molar-refractivity contribution is 7.99. The van der Waals surface area contributed by atoms with Gasteiger partial charge in [-0.2, -0.15) is 22.0 Å². The van der Waals surface area contributed by atoms with Crippen molar-refractivity contribution >= 4 is 22.9 Å². The fourth-order valence-electron chi connectivity index (χ4n) is 3.57. The number of rotatable bonds is 6.